The summed E-state index contributed by atoms with van der Waals surface area (Å²) < 4.78 is 1.74. The Morgan fingerprint density at radius 3 is 1.97 bits per heavy atom. The summed E-state index contributed by atoms with van der Waals surface area (Å²) in [6, 6.07) is 13.7. The minimum absolute atomic E-state index is 0.0261. The van der Waals surface area contributed by atoms with Gasteiger partial charge in [-0.3, -0.25) is 38.9 Å². The predicted octanol–water partition coefficient (Wildman–Crippen LogP) is 5.33. The number of fused-ring (bicyclic) bond motifs is 1. The van der Waals surface area contributed by atoms with Crippen LogP contribution in [0.15, 0.2) is 53.6 Å². The normalized spacial score (nSPS) is 23.8. The lowest BCUT2D eigenvalue weighted by molar-refractivity contribution is -0.134. The topological polar surface area (TPSA) is 149 Å². The highest BCUT2D eigenvalue weighted by Crippen LogP contribution is 2.34. The summed E-state index contributed by atoms with van der Waals surface area (Å²) in [6.07, 6.45) is 13.6. The lowest BCUT2D eigenvalue weighted by Crippen LogP contribution is -2.56. The Labute approximate surface area is 345 Å². The number of ketones is 1. The SMILES string of the molecule is CC(=O)c1c(C)c2cnc(Nc3ccc(N4CCN(C5CCCC(N6CCN(c7ccc(C8CCC(=O)NC8=O)cc7)CC6)C5)CC4)cn3)nc2n(C2CCCC2)c1=O. The molecular formula is C45H56N10O4. The molecule has 4 aromatic rings. The average molecular weight is 801 g/mol. The number of amides is 2. The smallest absolute Gasteiger partial charge is 0.263 e. The van der Waals surface area contributed by atoms with Crippen LogP contribution in [0.2, 0.25) is 0 Å². The second-order valence-corrected chi connectivity index (χ2v) is 17.2. The van der Waals surface area contributed by atoms with Crippen molar-refractivity contribution in [1.29, 1.82) is 0 Å². The summed E-state index contributed by atoms with van der Waals surface area (Å²) in [5, 5.41) is 6.46. The molecule has 0 spiro atoms. The van der Waals surface area contributed by atoms with Crippen LogP contribution in [0.1, 0.15) is 105 Å². The molecule has 9 rings (SSSR count). The summed E-state index contributed by atoms with van der Waals surface area (Å²) in [5.41, 5.74) is 4.46. The van der Waals surface area contributed by atoms with Crippen LogP contribution in [0.3, 0.4) is 0 Å². The second kappa shape index (κ2) is 16.8. The number of Topliss-reactive ketones (excluding diaryl/α,β-unsaturated/α-hetero) is 1. The quantitative estimate of drug-likeness (QED) is 0.167. The van der Waals surface area contributed by atoms with Crippen molar-refractivity contribution < 1.29 is 14.4 Å². The fourth-order valence-electron chi connectivity index (χ4n) is 10.5. The van der Waals surface area contributed by atoms with Gasteiger partial charge in [-0.2, -0.15) is 4.98 Å². The number of nitrogens with zero attached hydrogens (tertiary/aromatic N) is 8. The Balaban J connectivity index is 0.769. The molecular weight excluding hydrogens is 745 g/mol. The Hall–Kier alpha value is -5.21. The summed E-state index contributed by atoms with van der Waals surface area (Å²) >= 11 is 0. The van der Waals surface area contributed by atoms with Gasteiger partial charge < -0.3 is 15.1 Å². The number of aromatic nitrogens is 4. The minimum Gasteiger partial charge on any atom is -0.369 e. The highest BCUT2D eigenvalue weighted by Gasteiger charge is 2.34. The van der Waals surface area contributed by atoms with Gasteiger partial charge in [-0.1, -0.05) is 31.4 Å². The molecule has 3 aliphatic heterocycles. The Morgan fingerprint density at radius 1 is 0.729 bits per heavy atom. The van der Waals surface area contributed by atoms with Gasteiger partial charge in [0.25, 0.3) is 5.56 Å². The van der Waals surface area contributed by atoms with Crippen LogP contribution >= 0.6 is 0 Å². The summed E-state index contributed by atoms with van der Waals surface area (Å²) in [6.45, 7) is 11.4. The molecule has 0 radical (unpaired) electrons. The molecule has 5 fully saturated rings. The molecule has 59 heavy (non-hydrogen) atoms. The number of carbonyl (C=O) groups is 3. The Bertz CT molecular complexity index is 2260. The molecule has 3 atom stereocenters. The van der Waals surface area contributed by atoms with Crippen LogP contribution < -0.4 is 26.0 Å². The summed E-state index contributed by atoms with van der Waals surface area (Å²) in [5.74, 6) is 0.180. The number of hydrogen-bond donors (Lipinski definition) is 2. The molecule has 3 unspecified atom stereocenters. The molecule has 2 saturated carbocycles. The van der Waals surface area contributed by atoms with E-state index in [-0.39, 0.29) is 40.7 Å². The van der Waals surface area contributed by atoms with Crippen molar-refractivity contribution in [2.45, 2.75) is 102 Å². The van der Waals surface area contributed by atoms with E-state index in [1.165, 1.54) is 38.3 Å². The fraction of sp³-hybridized carbons (Fsp3) is 0.533. The first-order valence-electron chi connectivity index (χ1n) is 21.8. The maximum absolute atomic E-state index is 13.6. The number of piperidine rings is 1. The second-order valence-electron chi connectivity index (χ2n) is 17.2. The monoisotopic (exact) mass is 800 g/mol. The van der Waals surface area contributed by atoms with Gasteiger partial charge in [0.15, 0.2) is 5.78 Å². The van der Waals surface area contributed by atoms with Gasteiger partial charge >= 0.3 is 0 Å². The van der Waals surface area contributed by atoms with Crippen molar-refractivity contribution in [3.8, 4) is 0 Å². The van der Waals surface area contributed by atoms with Crippen molar-refractivity contribution in [2.24, 2.45) is 0 Å². The maximum Gasteiger partial charge on any atom is 0.263 e. The minimum atomic E-state index is -0.255. The summed E-state index contributed by atoms with van der Waals surface area (Å²) in [4.78, 5) is 74.5. The molecule has 14 heteroatoms. The van der Waals surface area contributed by atoms with E-state index in [1.807, 2.05) is 19.2 Å². The molecule has 5 aliphatic rings. The van der Waals surface area contributed by atoms with E-state index in [9.17, 15) is 19.2 Å². The van der Waals surface area contributed by atoms with Crippen LogP contribution in [-0.2, 0) is 9.59 Å². The van der Waals surface area contributed by atoms with Gasteiger partial charge in [-0.15, -0.1) is 0 Å². The lowest BCUT2D eigenvalue weighted by Gasteiger charge is -2.47. The zero-order valence-corrected chi connectivity index (χ0v) is 34.4. The van der Waals surface area contributed by atoms with Crippen LogP contribution in [0.25, 0.3) is 11.0 Å². The highest BCUT2D eigenvalue weighted by molar-refractivity contribution is 6.01. The molecule has 2 aliphatic carbocycles. The third kappa shape index (κ3) is 8.08. The number of anilines is 4. The number of pyridine rings is 2. The van der Waals surface area contributed by atoms with E-state index in [4.69, 9.17) is 9.97 Å². The predicted molar refractivity (Wildman–Crippen MR) is 229 cm³/mol. The standard InChI is InChI=1S/C45H56N10O4/c1-29-38-28-47-45(50-42(38)55(33-6-3-4-7-33)44(59)41(29)30(2)56)48-39-16-14-36(27-46-39)54-24-22-53(23-25-54)35-9-5-8-34(26-35)52-20-18-51(19-21-52)32-12-10-31(11-13-32)37-15-17-40(57)49-43(37)58/h10-14,16,27-28,33-35,37H,3-9,15,17-26H2,1-2H3,(H,49,57,58)(H,46,47,48,50). The van der Waals surface area contributed by atoms with Gasteiger partial charge in [0.2, 0.25) is 17.8 Å². The van der Waals surface area contributed by atoms with Crippen LogP contribution in [0.5, 0.6) is 0 Å². The first-order chi connectivity index (χ1) is 28.7. The van der Waals surface area contributed by atoms with Crippen molar-refractivity contribution in [3.63, 3.8) is 0 Å². The highest BCUT2D eigenvalue weighted by atomic mass is 16.2. The van der Waals surface area contributed by atoms with Gasteiger partial charge in [0, 0.05) is 94.2 Å². The maximum atomic E-state index is 13.6. The van der Waals surface area contributed by atoms with Gasteiger partial charge in [-0.05, 0) is 87.8 Å². The molecule has 2 N–H and O–H groups in total. The number of carbonyl (C=O) groups excluding carboxylic acids is 3. The molecule has 0 bridgehead atoms. The van der Waals surface area contributed by atoms with E-state index in [2.05, 4.69) is 65.5 Å². The van der Waals surface area contributed by atoms with Crippen molar-refractivity contribution in [2.75, 3.05) is 67.5 Å². The number of nitrogens with one attached hydrogen (secondary N) is 2. The van der Waals surface area contributed by atoms with Crippen LogP contribution in [-0.4, -0.2) is 111 Å². The third-order valence-electron chi connectivity index (χ3n) is 13.8. The molecule has 2 amide bonds. The molecule has 310 valence electrons. The van der Waals surface area contributed by atoms with Crippen molar-refractivity contribution in [1.82, 2.24) is 34.6 Å². The van der Waals surface area contributed by atoms with Crippen LogP contribution in [0, 0.1) is 6.92 Å². The van der Waals surface area contributed by atoms with Crippen molar-refractivity contribution in [3.05, 3.63) is 75.8 Å². The number of benzene rings is 1. The Morgan fingerprint density at radius 2 is 1.36 bits per heavy atom. The van der Waals surface area contributed by atoms with Gasteiger partial charge in [0.1, 0.15) is 11.5 Å². The third-order valence-corrected chi connectivity index (χ3v) is 13.8. The van der Waals surface area contributed by atoms with E-state index in [1.54, 1.807) is 10.8 Å². The largest absolute Gasteiger partial charge is 0.369 e. The van der Waals surface area contributed by atoms with Crippen molar-refractivity contribution >= 4 is 51.8 Å². The molecule has 14 nitrogen and oxygen atoms in total. The molecule has 6 heterocycles. The number of aryl methyl sites for hydroxylation is 1. The molecule has 3 aromatic heterocycles. The number of rotatable bonds is 9. The average Bonchev–Trinajstić information content (AvgIpc) is 3.79. The van der Waals surface area contributed by atoms with Gasteiger partial charge in [0.05, 0.1) is 23.4 Å². The van der Waals surface area contributed by atoms with Crippen LogP contribution in [0.4, 0.5) is 23.1 Å². The number of hydrogen-bond acceptors (Lipinski definition) is 12. The molecule has 1 aromatic carbocycles. The lowest BCUT2D eigenvalue weighted by atomic mass is 9.88. The van der Waals surface area contributed by atoms with Gasteiger partial charge in [-0.25, -0.2) is 9.97 Å². The van der Waals surface area contributed by atoms with E-state index < -0.39 is 0 Å². The Kier molecular flexibility index (Phi) is 11.2. The number of piperazine rings is 2. The first-order valence-corrected chi connectivity index (χ1v) is 21.8. The zero-order valence-electron chi connectivity index (χ0n) is 34.4. The van der Waals surface area contributed by atoms with E-state index in [0.717, 1.165) is 94.7 Å². The van der Waals surface area contributed by atoms with E-state index >= 15 is 0 Å². The summed E-state index contributed by atoms with van der Waals surface area (Å²) in [7, 11) is 0. The first kappa shape index (κ1) is 39.3. The molecule has 3 saturated heterocycles. The fourth-order valence-corrected chi connectivity index (χ4v) is 10.5. The number of imide groups is 1. The zero-order chi connectivity index (χ0) is 40.6. The van der Waals surface area contributed by atoms with E-state index in [0.29, 0.717) is 47.9 Å².